The number of rotatable bonds is 2. The molecule has 4 heterocycles. The molecular formula is C35H21N5. The second-order valence-corrected chi connectivity index (χ2v) is 10.1. The molecule has 5 heteroatoms. The van der Waals surface area contributed by atoms with Gasteiger partial charge >= 0.3 is 0 Å². The predicted molar refractivity (Wildman–Crippen MR) is 163 cm³/mol. The zero-order valence-corrected chi connectivity index (χ0v) is 21.4. The highest BCUT2D eigenvalue weighted by atomic mass is 15.2. The van der Waals surface area contributed by atoms with Crippen molar-refractivity contribution in [2.75, 3.05) is 0 Å². The first-order valence-electron chi connectivity index (χ1n) is 13.4. The largest absolute Gasteiger partial charge is 0.292 e. The summed E-state index contributed by atoms with van der Waals surface area (Å²) < 4.78 is 4.44. The number of fused-ring (bicyclic) bond motifs is 11. The Morgan fingerprint density at radius 1 is 0.450 bits per heavy atom. The molecule has 0 fully saturated rings. The molecular weight excluding hydrogens is 490 g/mol. The normalized spacial score (nSPS) is 12.0. The average molecular weight is 512 g/mol. The number of benzene rings is 5. The van der Waals surface area contributed by atoms with Gasteiger partial charge in [0.05, 0.1) is 44.2 Å². The topological polar surface area (TPSA) is 48.0 Å². The lowest BCUT2D eigenvalue weighted by Gasteiger charge is -2.15. The SMILES string of the molecule is c1ccc(-c2nc(-n3c4ccccc4c4ccccc43)nc3c4ccccc4n4c5ccccc5nc4c23)cc1. The van der Waals surface area contributed by atoms with E-state index in [-0.39, 0.29) is 0 Å². The van der Waals surface area contributed by atoms with Gasteiger partial charge in [-0.25, -0.2) is 15.0 Å². The molecule has 0 atom stereocenters. The summed E-state index contributed by atoms with van der Waals surface area (Å²) in [4.78, 5) is 15.8. The van der Waals surface area contributed by atoms with Crippen LogP contribution in [0.3, 0.4) is 0 Å². The monoisotopic (exact) mass is 511 g/mol. The second kappa shape index (κ2) is 7.98. The van der Waals surface area contributed by atoms with Crippen molar-refractivity contribution in [3.05, 3.63) is 127 Å². The van der Waals surface area contributed by atoms with Crippen molar-refractivity contribution in [2.24, 2.45) is 0 Å². The summed E-state index contributed by atoms with van der Waals surface area (Å²) in [6, 6.07) is 44.1. The van der Waals surface area contributed by atoms with E-state index in [4.69, 9.17) is 15.0 Å². The van der Waals surface area contributed by atoms with Crippen molar-refractivity contribution < 1.29 is 0 Å². The summed E-state index contributed by atoms with van der Waals surface area (Å²) in [5, 5.41) is 4.38. The molecule has 9 aromatic rings. The van der Waals surface area contributed by atoms with Crippen LogP contribution in [0.5, 0.6) is 0 Å². The van der Waals surface area contributed by atoms with Gasteiger partial charge < -0.3 is 0 Å². The maximum Gasteiger partial charge on any atom is 0.235 e. The quantitative estimate of drug-likeness (QED) is 0.219. The Morgan fingerprint density at radius 3 is 1.75 bits per heavy atom. The summed E-state index contributed by atoms with van der Waals surface area (Å²) in [6.45, 7) is 0. The lowest BCUT2D eigenvalue weighted by Crippen LogP contribution is -2.05. The maximum atomic E-state index is 5.35. The first kappa shape index (κ1) is 21.4. The molecule has 0 saturated heterocycles. The van der Waals surface area contributed by atoms with Crippen molar-refractivity contribution >= 4 is 60.3 Å². The number of aromatic nitrogens is 5. The van der Waals surface area contributed by atoms with Crippen LogP contribution < -0.4 is 0 Å². The second-order valence-electron chi connectivity index (χ2n) is 10.1. The zero-order chi connectivity index (χ0) is 26.2. The van der Waals surface area contributed by atoms with Gasteiger partial charge in [0.2, 0.25) is 5.95 Å². The van der Waals surface area contributed by atoms with Gasteiger partial charge in [0.25, 0.3) is 0 Å². The number of nitrogens with zero attached hydrogens (tertiary/aromatic N) is 5. The van der Waals surface area contributed by atoms with Crippen LogP contribution in [-0.2, 0) is 0 Å². The van der Waals surface area contributed by atoms with E-state index in [2.05, 4.69) is 124 Å². The maximum absolute atomic E-state index is 5.35. The van der Waals surface area contributed by atoms with Gasteiger partial charge in [0, 0.05) is 21.7 Å². The molecule has 0 bridgehead atoms. The molecule has 0 unspecified atom stereocenters. The summed E-state index contributed by atoms with van der Waals surface area (Å²) in [5.74, 6) is 0.648. The van der Waals surface area contributed by atoms with Gasteiger partial charge in [-0.3, -0.25) is 8.97 Å². The van der Waals surface area contributed by atoms with Gasteiger partial charge in [-0.2, -0.15) is 0 Å². The molecule has 0 N–H and O–H groups in total. The first-order valence-corrected chi connectivity index (χ1v) is 13.4. The minimum atomic E-state index is 0.648. The van der Waals surface area contributed by atoms with Crippen LogP contribution >= 0.6 is 0 Å². The minimum Gasteiger partial charge on any atom is -0.292 e. The van der Waals surface area contributed by atoms with Gasteiger partial charge in [0.1, 0.15) is 5.65 Å². The third-order valence-electron chi connectivity index (χ3n) is 7.91. The molecule has 0 saturated carbocycles. The van der Waals surface area contributed by atoms with E-state index in [9.17, 15) is 0 Å². The highest BCUT2D eigenvalue weighted by Crippen LogP contribution is 2.38. The Kier molecular flexibility index (Phi) is 4.27. The van der Waals surface area contributed by atoms with Crippen molar-refractivity contribution in [1.82, 2.24) is 23.9 Å². The van der Waals surface area contributed by atoms with E-state index in [1.165, 1.54) is 10.8 Å². The number of pyridine rings is 1. The van der Waals surface area contributed by atoms with Gasteiger partial charge in [-0.05, 0) is 30.3 Å². The number of hydrogen-bond acceptors (Lipinski definition) is 3. The van der Waals surface area contributed by atoms with Crippen LogP contribution in [0.4, 0.5) is 0 Å². The highest BCUT2D eigenvalue weighted by molar-refractivity contribution is 6.16. The summed E-state index contributed by atoms with van der Waals surface area (Å²) in [5.41, 5.74) is 8.91. The first-order chi connectivity index (χ1) is 19.9. The number of imidazole rings is 1. The molecule has 4 aromatic heterocycles. The molecule has 0 amide bonds. The average Bonchev–Trinajstić information content (AvgIpc) is 3.58. The summed E-state index contributed by atoms with van der Waals surface area (Å²) >= 11 is 0. The molecule has 5 nitrogen and oxygen atoms in total. The van der Waals surface area contributed by atoms with E-state index in [1.807, 2.05) is 12.1 Å². The van der Waals surface area contributed by atoms with Gasteiger partial charge in [-0.1, -0.05) is 97.1 Å². The molecule has 0 spiro atoms. The third-order valence-corrected chi connectivity index (χ3v) is 7.91. The van der Waals surface area contributed by atoms with Crippen molar-refractivity contribution in [2.45, 2.75) is 0 Å². The summed E-state index contributed by atoms with van der Waals surface area (Å²) in [6.07, 6.45) is 0. The van der Waals surface area contributed by atoms with E-state index >= 15 is 0 Å². The molecule has 0 radical (unpaired) electrons. The standard InChI is InChI=1S/C35H21N5/c1-2-12-22(13-3-1)32-31-33(25-16-6-10-20-29(25)39-30-21-11-7-17-26(30)36-34(31)39)38-35(37-32)40-27-18-8-4-14-23(27)24-15-5-9-19-28(24)40/h1-21H. The van der Waals surface area contributed by atoms with E-state index in [0.717, 1.165) is 60.8 Å². The summed E-state index contributed by atoms with van der Waals surface area (Å²) in [7, 11) is 0. The van der Waals surface area contributed by atoms with Crippen LogP contribution in [0.25, 0.3) is 77.5 Å². The molecule has 0 aliphatic rings. The Hall–Kier alpha value is -5.55. The highest BCUT2D eigenvalue weighted by Gasteiger charge is 2.22. The van der Waals surface area contributed by atoms with E-state index in [0.29, 0.717) is 5.95 Å². The molecule has 9 rings (SSSR count). The van der Waals surface area contributed by atoms with Crippen molar-refractivity contribution in [3.8, 4) is 17.2 Å². The predicted octanol–water partition coefficient (Wildman–Crippen LogP) is 8.35. The smallest absolute Gasteiger partial charge is 0.235 e. The molecule has 5 aromatic carbocycles. The Morgan fingerprint density at radius 2 is 1.02 bits per heavy atom. The Balaban J connectivity index is 1.54. The number of para-hydroxylation sites is 5. The van der Waals surface area contributed by atoms with Crippen LogP contribution in [0.2, 0.25) is 0 Å². The fourth-order valence-corrected chi connectivity index (χ4v) is 6.20. The fraction of sp³-hybridized carbons (Fsp3) is 0. The van der Waals surface area contributed by atoms with Gasteiger partial charge in [0.15, 0.2) is 0 Å². The van der Waals surface area contributed by atoms with Crippen molar-refractivity contribution in [1.29, 1.82) is 0 Å². The molecule has 40 heavy (non-hydrogen) atoms. The lowest BCUT2D eigenvalue weighted by atomic mass is 10.0. The van der Waals surface area contributed by atoms with Crippen LogP contribution in [-0.4, -0.2) is 23.9 Å². The fourth-order valence-electron chi connectivity index (χ4n) is 6.20. The van der Waals surface area contributed by atoms with Gasteiger partial charge in [-0.15, -0.1) is 0 Å². The van der Waals surface area contributed by atoms with Crippen molar-refractivity contribution in [3.63, 3.8) is 0 Å². The zero-order valence-electron chi connectivity index (χ0n) is 21.4. The minimum absolute atomic E-state index is 0.648. The Bertz CT molecular complexity index is 2380. The van der Waals surface area contributed by atoms with E-state index < -0.39 is 0 Å². The van der Waals surface area contributed by atoms with Crippen LogP contribution in [0.15, 0.2) is 127 Å². The van der Waals surface area contributed by atoms with Crippen LogP contribution in [0.1, 0.15) is 0 Å². The lowest BCUT2D eigenvalue weighted by molar-refractivity contribution is 1.01. The molecule has 0 aliphatic heterocycles. The molecule has 186 valence electrons. The third kappa shape index (κ3) is 2.83. The van der Waals surface area contributed by atoms with E-state index in [1.54, 1.807) is 0 Å². The number of hydrogen-bond donors (Lipinski definition) is 0. The Labute approximate surface area is 228 Å². The molecule has 0 aliphatic carbocycles. The van der Waals surface area contributed by atoms with Crippen LogP contribution in [0, 0.1) is 0 Å².